The molecule has 116 valence electrons. The van der Waals surface area contributed by atoms with Crippen molar-refractivity contribution in [3.05, 3.63) is 35.4 Å². The maximum atomic E-state index is 13.1. The third-order valence-corrected chi connectivity index (χ3v) is 3.64. The first-order chi connectivity index (χ1) is 9.86. The molecule has 6 heteroatoms. The summed E-state index contributed by atoms with van der Waals surface area (Å²) in [5.74, 6) is -0.572. The van der Waals surface area contributed by atoms with E-state index in [4.69, 9.17) is 0 Å². The molecule has 21 heavy (non-hydrogen) atoms. The molecular formula is C15H19F3N2O. The van der Waals surface area contributed by atoms with Crippen LogP contribution in [0, 0.1) is 6.92 Å². The van der Waals surface area contributed by atoms with Gasteiger partial charge in [-0.1, -0.05) is 29.8 Å². The second-order valence-electron chi connectivity index (χ2n) is 5.45. The van der Waals surface area contributed by atoms with E-state index in [1.807, 2.05) is 0 Å². The molecule has 1 aromatic carbocycles. The van der Waals surface area contributed by atoms with Crippen LogP contribution in [0.5, 0.6) is 0 Å². The fourth-order valence-corrected chi connectivity index (χ4v) is 2.49. The fourth-order valence-electron chi connectivity index (χ4n) is 2.49. The van der Waals surface area contributed by atoms with E-state index in [0.29, 0.717) is 0 Å². The molecular weight excluding hydrogens is 281 g/mol. The first-order valence-corrected chi connectivity index (χ1v) is 7.02. The minimum absolute atomic E-state index is 0.0168. The Morgan fingerprint density at radius 1 is 1.38 bits per heavy atom. The Kier molecular flexibility index (Phi) is 4.88. The summed E-state index contributed by atoms with van der Waals surface area (Å²) in [4.78, 5) is 11.8. The minimum atomic E-state index is -4.51. The molecule has 0 aromatic heterocycles. The fraction of sp³-hybridized carbons (Fsp3) is 0.533. The Hall–Kier alpha value is -1.56. The summed E-state index contributed by atoms with van der Waals surface area (Å²) in [6, 6.07) is 4.06. The van der Waals surface area contributed by atoms with Gasteiger partial charge in [-0.2, -0.15) is 13.2 Å². The van der Waals surface area contributed by atoms with E-state index in [9.17, 15) is 18.0 Å². The van der Waals surface area contributed by atoms with E-state index < -0.39 is 18.1 Å². The van der Waals surface area contributed by atoms with Crippen molar-refractivity contribution >= 4 is 5.91 Å². The normalized spacial score (nSPS) is 20.3. The zero-order valence-corrected chi connectivity index (χ0v) is 11.8. The van der Waals surface area contributed by atoms with Crippen molar-refractivity contribution in [3.8, 4) is 0 Å². The zero-order valence-electron chi connectivity index (χ0n) is 11.8. The molecule has 3 nitrogen and oxygen atoms in total. The number of carbonyl (C=O) groups excluding carboxylic acids is 1. The van der Waals surface area contributed by atoms with Crippen LogP contribution in [-0.2, 0) is 4.79 Å². The van der Waals surface area contributed by atoms with Crippen LogP contribution in [-0.4, -0.2) is 24.7 Å². The van der Waals surface area contributed by atoms with Crippen molar-refractivity contribution in [1.82, 2.24) is 10.6 Å². The topological polar surface area (TPSA) is 41.1 Å². The third-order valence-electron chi connectivity index (χ3n) is 3.64. The van der Waals surface area contributed by atoms with Gasteiger partial charge in [0, 0.05) is 12.5 Å². The maximum Gasteiger partial charge on any atom is 0.412 e. The second kappa shape index (κ2) is 6.47. The van der Waals surface area contributed by atoms with Crippen LogP contribution >= 0.6 is 0 Å². The van der Waals surface area contributed by atoms with Crippen molar-refractivity contribution in [3.63, 3.8) is 0 Å². The van der Waals surface area contributed by atoms with Crippen molar-refractivity contribution in [2.24, 2.45) is 0 Å². The van der Waals surface area contributed by atoms with Crippen molar-refractivity contribution in [2.45, 2.75) is 44.4 Å². The molecule has 1 aliphatic rings. The van der Waals surface area contributed by atoms with Crippen LogP contribution in [0.3, 0.4) is 0 Å². The highest BCUT2D eigenvalue weighted by molar-refractivity contribution is 5.77. The van der Waals surface area contributed by atoms with Crippen molar-refractivity contribution in [1.29, 1.82) is 0 Å². The summed E-state index contributed by atoms with van der Waals surface area (Å²) in [7, 11) is 0. The largest absolute Gasteiger partial charge is 0.412 e. The highest BCUT2D eigenvalue weighted by Gasteiger charge is 2.42. The molecule has 2 rings (SSSR count). The molecule has 0 aliphatic carbocycles. The Morgan fingerprint density at radius 3 is 2.57 bits per heavy atom. The monoisotopic (exact) mass is 300 g/mol. The molecule has 1 unspecified atom stereocenters. The summed E-state index contributed by atoms with van der Waals surface area (Å²) < 4.78 is 39.4. The average molecular weight is 300 g/mol. The van der Waals surface area contributed by atoms with Gasteiger partial charge in [0.05, 0.1) is 0 Å². The van der Waals surface area contributed by atoms with Gasteiger partial charge in [0.2, 0.25) is 5.91 Å². The van der Waals surface area contributed by atoms with Gasteiger partial charge in [-0.25, -0.2) is 0 Å². The van der Waals surface area contributed by atoms with Gasteiger partial charge in [0.15, 0.2) is 6.04 Å². The lowest BCUT2D eigenvalue weighted by atomic mass is 10.0. The highest BCUT2D eigenvalue weighted by atomic mass is 19.4. The smallest absolute Gasteiger partial charge is 0.341 e. The lowest BCUT2D eigenvalue weighted by molar-refractivity contribution is -0.163. The molecule has 1 saturated heterocycles. The summed E-state index contributed by atoms with van der Waals surface area (Å²) >= 11 is 0. The Morgan fingerprint density at radius 2 is 2.05 bits per heavy atom. The number of alkyl halides is 3. The number of rotatable bonds is 4. The van der Waals surface area contributed by atoms with E-state index in [1.54, 1.807) is 19.1 Å². The zero-order chi connectivity index (χ0) is 15.5. The van der Waals surface area contributed by atoms with E-state index in [1.165, 1.54) is 12.1 Å². The molecule has 2 N–H and O–H groups in total. The molecule has 2 atom stereocenters. The van der Waals surface area contributed by atoms with Gasteiger partial charge in [-0.05, 0) is 31.9 Å². The van der Waals surface area contributed by atoms with Crippen LogP contribution < -0.4 is 10.6 Å². The summed E-state index contributed by atoms with van der Waals surface area (Å²) in [5, 5.41) is 5.22. The third kappa shape index (κ3) is 4.46. The molecule has 0 bridgehead atoms. The molecule has 1 heterocycles. The van der Waals surface area contributed by atoms with E-state index in [2.05, 4.69) is 10.6 Å². The molecule has 0 spiro atoms. The molecule has 1 aliphatic heterocycles. The summed E-state index contributed by atoms with van der Waals surface area (Å²) in [5.41, 5.74) is 0.932. The predicted molar refractivity (Wildman–Crippen MR) is 73.8 cm³/mol. The Bertz CT molecular complexity index is 479. The number of aryl methyl sites for hydroxylation is 1. The summed E-state index contributed by atoms with van der Waals surface area (Å²) in [6.45, 7) is 2.62. The minimum Gasteiger partial charge on any atom is -0.341 e. The lowest BCUT2D eigenvalue weighted by Gasteiger charge is -2.23. The first kappa shape index (κ1) is 15.8. The number of benzene rings is 1. The van der Waals surface area contributed by atoms with Gasteiger partial charge < -0.3 is 10.6 Å². The van der Waals surface area contributed by atoms with Crippen LogP contribution in [0.1, 0.15) is 36.4 Å². The average Bonchev–Trinajstić information content (AvgIpc) is 2.89. The van der Waals surface area contributed by atoms with Gasteiger partial charge in [0.1, 0.15) is 0 Å². The van der Waals surface area contributed by atoms with Crippen LogP contribution in [0.25, 0.3) is 0 Å². The SMILES string of the molecule is Cc1ccc(C(NC(=O)C[C@@H]2CCCN2)C(F)(F)F)cc1. The van der Waals surface area contributed by atoms with Gasteiger partial charge in [-0.15, -0.1) is 0 Å². The number of carbonyl (C=O) groups is 1. The molecule has 0 radical (unpaired) electrons. The Balaban J connectivity index is 2.06. The van der Waals surface area contributed by atoms with Gasteiger partial charge in [-0.3, -0.25) is 4.79 Å². The molecule has 1 aromatic rings. The lowest BCUT2D eigenvalue weighted by Crippen LogP contribution is -2.40. The van der Waals surface area contributed by atoms with Gasteiger partial charge in [0.25, 0.3) is 0 Å². The van der Waals surface area contributed by atoms with Crippen molar-refractivity contribution in [2.75, 3.05) is 6.54 Å². The highest BCUT2D eigenvalue weighted by Crippen LogP contribution is 2.33. The molecule has 1 fully saturated rings. The quantitative estimate of drug-likeness (QED) is 0.898. The maximum absolute atomic E-state index is 13.1. The first-order valence-electron chi connectivity index (χ1n) is 7.02. The van der Waals surface area contributed by atoms with E-state index >= 15 is 0 Å². The number of nitrogens with one attached hydrogen (secondary N) is 2. The summed E-state index contributed by atoms with van der Waals surface area (Å²) in [6.07, 6.45) is -2.64. The van der Waals surface area contributed by atoms with Gasteiger partial charge >= 0.3 is 6.18 Å². The molecule has 0 saturated carbocycles. The van der Waals surface area contributed by atoms with Crippen LogP contribution in [0.15, 0.2) is 24.3 Å². The second-order valence-corrected chi connectivity index (χ2v) is 5.45. The number of amides is 1. The predicted octanol–water partition coefficient (Wildman–Crippen LogP) is 2.86. The number of hydrogen-bond donors (Lipinski definition) is 2. The molecule has 1 amide bonds. The number of halogens is 3. The standard InChI is InChI=1S/C15H19F3N2O/c1-10-4-6-11(7-5-10)14(15(16,17)18)20-13(21)9-12-3-2-8-19-12/h4-7,12,14,19H,2-3,8-9H2,1H3,(H,20,21)/t12-,14?/m0/s1. The van der Waals surface area contributed by atoms with E-state index in [-0.39, 0.29) is 18.0 Å². The van der Waals surface area contributed by atoms with Crippen molar-refractivity contribution < 1.29 is 18.0 Å². The van der Waals surface area contributed by atoms with E-state index in [0.717, 1.165) is 24.9 Å². The van der Waals surface area contributed by atoms with Crippen LogP contribution in [0.4, 0.5) is 13.2 Å². The number of hydrogen-bond acceptors (Lipinski definition) is 2. The Labute approximate surface area is 121 Å². The van der Waals surface area contributed by atoms with Crippen LogP contribution in [0.2, 0.25) is 0 Å².